The predicted octanol–water partition coefficient (Wildman–Crippen LogP) is 3.88. The first-order valence-electron chi connectivity index (χ1n) is 7.21. The number of benzene rings is 2. The van der Waals surface area contributed by atoms with Gasteiger partial charge in [-0.2, -0.15) is 5.26 Å². The van der Waals surface area contributed by atoms with Crippen molar-refractivity contribution in [1.82, 2.24) is 4.98 Å². The van der Waals surface area contributed by atoms with Crippen molar-refractivity contribution < 1.29 is 4.79 Å². The Balaban J connectivity index is 1.85. The summed E-state index contributed by atoms with van der Waals surface area (Å²) in [6.45, 7) is 2.00. The van der Waals surface area contributed by atoms with E-state index < -0.39 is 0 Å². The third kappa shape index (κ3) is 3.26. The van der Waals surface area contributed by atoms with Gasteiger partial charge in [-0.1, -0.05) is 23.5 Å². The molecule has 0 saturated heterocycles. The normalized spacial score (nSPS) is 10.2. The monoisotopic (exact) mass is 334 g/mol. The van der Waals surface area contributed by atoms with Gasteiger partial charge in [0.2, 0.25) is 5.78 Å². The van der Waals surface area contributed by atoms with Gasteiger partial charge in [-0.25, -0.2) is 4.98 Å². The molecule has 3 rings (SSSR count). The molecule has 0 fully saturated rings. The number of nitrogens with two attached hydrogens (primary N) is 1. The Hall–Kier alpha value is -3.17. The van der Waals surface area contributed by atoms with Gasteiger partial charge in [0.1, 0.15) is 10.7 Å². The number of nitriles is 1. The topological polar surface area (TPSA) is 91.8 Å². The molecule has 6 heteroatoms. The molecule has 24 heavy (non-hydrogen) atoms. The fraction of sp³-hybridized carbons (Fsp3) is 0.0556. The van der Waals surface area contributed by atoms with Crippen LogP contribution in [0.5, 0.6) is 0 Å². The molecule has 0 radical (unpaired) electrons. The number of thiazole rings is 1. The van der Waals surface area contributed by atoms with Crippen LogP contribution in [0, 0.1) is 18.3 Å². The molecule has 0 atom stereocenters. The molecule has 5 nitrogen and oxygen atoms in total. The highest BCUT2D eigenvalue weighted by Crippen LogP contribution is 2.29. The zero-order valence-corrected chi connectivity index (χ0v) is 13.7. The van der Waals surface area contributed by atoms with Crippen LogP contribution in [0.2, 0.25) is 0 Å². The van der Waals surface area contributed by atoms with E-state index in [-0.39, 0.29) is 11.6 Å². The molecule has 0 aliphatic heterocycles. The lowest BCUT2D eigenvalue weighted by atomic mass is 10.1. The van der Waals surface area contributed by atoms with Gasteiger partial charge in [0.15, 0.2) is 5.13 Å². The quantitative estimate of drug-likeness (QED) is 0.706. The third-order valence-electron chi connectivity index (χ3n) is 3.41. The van der Waals surface area contributed by atoms with Crippen molar-refractivity contribution in [3.05, 3.63) is 70.1 Å². The molecule has 0 saturated carbocycles. The van der Waals surface area contributed by atoms with Crippen molar-refractivity contribution in [3.8, 4) is 6.07 Å². The second kappa shape index (κ2) is 6.52. The fourth-order valence-corrected chi connectivity index (χ4v) is 3.09. The van der Waals surface area contributed by atoms with Crippen molar-refractivity contribution in [3.63, 3.8) is 0 Å². The number of nitrogen functional groups attached to an aromatic ring is 1. The number of ketones is 1. The van der Waals surface area contributed by atoms with E-state index in [4.69, 9.17) is 11.0 Å². The van der Waals surface area contributed by atoms with Crippen molar-refractivity contribution in [2.45, 2.75) is 6.92 Å². The van der Waals surface area contributed by atoms with Gasteiger partial charge in [-0.3, -0.25) is 4.79 Å². The van der Waals surface area contributed by atoms with Crippen LogP contribution >= 0.6 is 11.3 Å². The van der Waals surface area contributed by atoms with Crippen LogP contribution in [-0.4, -0.2) is 10.8 Å². The minimum absolute atomic E-state index is 0.199. The van der Waals surface area contributed by atoms with Crippen molar-refractivity contribution in [2.75, 3.05) is 11.1 Å². The number of hydrogen-bond donors (Lipinski definition) is 2. The van der Waals surface area contributed by atoms with E-state index in [9.17, 15) is 4.79 Å². The summed E-state index contributed by atoms with van der Waals surface area (Å²) in [5, 5.41) is 12.5. The Morgan fingerprint density at radius 3 is 2.67 bits per heavy atom. The van der Waals surface area contributed by atoms with Crippen LogP contribution in [0.1, 0.15) is 26.4 Å². The first kappa shape index (κ1) is 15.7. The number of carbonyl (C=O) groups is 1. The molecule has 0 bridgehead atoms. The largest absolute Gasteiger partial charge is 0.382 e. The molecule has 3 N–H and O–H groups in total. The molecule has 0 aliphatic rings. The first-order chi connectivity index (χ1) is 11.6. The highest BCUT2D eigenvalue weighted by Gasteiger charge is 2.18. The number of rotatable bonds is 4. The first-order valence-corrected chi connectivity index (χ1v) is 8.03. The van der Waals surface area contributed by atoms with Crippen molar-refractivity contribution in [1.29, 1.82) is 5.26 Å². The van der Waals surface area contributed by atoms with E-state index in [2.05, 4.69) is 10.3 Å². The number of nitrogens with zero attached hydrogens (tertiary/aromatic N) is 2. The van der Waals surface area contributed by atoms with E-state index in [0.717, 1.165) is 11.3 Å². The molecule has 2 aromatic carbocycles. The smallest absolute Gasteiger partial charge is 0.206 e. The summed E-state index contributed by atoms with van der Waals surface area (Å²) < 4.78 is 0. The lowest BCUT2D eigenvalue weighted by Gasteiger charge is -2.02. The minimum Gasteiger partial charge on any atom is -0.382 e. The van der Waals surface area contributed by atoms with E-state index in [1.54, 1.807) is 24.3 Å². The van der Waals surface area contributed by atoms with Crippen molar-refractivity contribution in [2.24, 2.45) is 0 Å². The fourth-order valence-electron chi connectivity index (χ4n) is 2.22. The molecule has 1 heterocycles. The van der Waals surface area contributed by atoms with Crippen LogP contribution in [0.15, 0.2) is 48.5 Å². The third-order valence-corrected chi connectivity index (χ3v) is 4.39. The Bertz CT molecular complexity index is 938. The van der Waals surface area contributed by atoms with Gasteiger partial charge in [0.05, 0.1) is 11.6 Å². The average molecular weight is 334 g/mol. The lowest BCUT2D eigenvalue weighted by molar-refractivity contribution is 0.104. The van der Waals surface area contributed by atoms with Gasteiger partial charge < -0.3 is 11.1 Å². The molecule has 3 aromatic rings. The molecular formula is C18H14N4OS. The Morgan fingerprint density at radius 2 is 2.00 bits per heavy atom. The number of nitrogens with one attached hydrogen (secondary N) is 1. The van der Waals surface area contributed by atoms with Gasteiger partial charge in [0, 0.05) is 11.3 Å². The molecule has 0 amide bonds. The average Bonchev–Trinajstić information content (AvgIpc) is 2.94. The van der Waals surface area contributed by atoms with E-state index in [1.165, 1.54) is 11.3 Å². The number of anilines is 3. The van der Waals surface area contributed by atoms with E-state index in [0.29, 0.717) is 21.1 Å². The second-order valence-corrected chi connectivity index (χ2v) is 6.25. The summed E-state index contributed by atoms with van der Waals surface area (Å²) >= 11 is 1.21. The van der Waals surface area contributed by atoms with Gasteiger partial charge in [-0.15, -0.1) is 0 Å². The summed E-state index contributed by atoms with van der Waals surface area (Å²) in [5.41, 5.74) is 8.90. The van der Waals surface area contributed by atoms with Gasteiger partial charge in [-0.05, 0) is 48.9 Å². The van der Waals surface area contributed by atoms with Crippen LogP contribution in [0.4, 0.5) is 16.6 Å². The number of carbonyl (C=O) groups excluding carboxylic acids is 1. The predicted molar refractivity (Wildman–Crippen MR) is 95.6 cm³/mol. The van der Waals surface area contributed by atoms with Crippen molar-refractivity contribution >= 4 is 33.8 Å². The van der Waals surface area contributed by atoms with E-state index >= 15 is 0 Å². The molecular weight excluding hydrogens is 320 g/mol. The maximum absolute atomic E-state index is 12.6. The Labute approximate surface area is 143 Å². The Kier molecular flexibility index (Phi) is 4.27. The number of hydrogen-bond acceptors (Lipinski definition) is 6. The zero-order valence-electron chi connectivity index (χ0n) is 12.9. The summed E-state index contributed by atoms with van der Waals surface area (Å²) in [4.78, 5) is 17.2. The summed E-state index contributed by atoms with van der Waals surface area (Å²) in [6.07, 6.45) is 0. The molecule has 0 aliphatic carbocycles. The maximum atomic E-state index is 12.6. The lowest BCUT2D eigenvalue weighted by Crippen LogP contribution is -2.02. The van der Waals surface area contributed by atoms with E-state index in [1.807, 2.05) is 37.3 Å². The van der Waals surface area contributed by atoms with Crippen LogP contribution < -0.4 is 11.1 Å². The second-order valence-electron chi connectivity index (χ2n) is 5.25. The molecule has 0 spiro atoms. The van der Waals surface area contributed by atoms with Gasteiger partial charge in [0.25, 0.3) is 0 Å². The molecule has 0 unspecified atom stereocenters. The van der Waals surface area contributed by atoms with Crippen LogP contribution in [-0.2, 0) is 0 Å². The number of aryl methyl sites for hydroxylation is 1. The SMILES string of the molecule is Cc1cccc(Nc2nc(N)c(C(=O)c3ccc(C#N)cc3)s2)c1. The summed E-state index contributed by atoms with van der Waals surface area (Å²) in [7, 11) is 0. The summed E-state index contributed by atoms with van der Waals surface area (Å²) in [5.74, 6) is -0.00343. The molecule has 1 aromatic heterocycles. The molecule has 118 valence electrons. The van der Waals surface area contributed by atoms with Gasteiger partial charge >= 0.3 is 0 Å². The van der Waals surface area contributed by atoms with Crippen LogP contribution in [0.3, 0.4) is 0 Å². The maximum Gasteiger partial charge on any atom is 0.206 e. The zero-order chi connectivity index (χ0) is 17.1. The van der Waals surface area contributed by atoms with Crippen LogP contribution in [0.25, 0.3) is 0 Å². The number of aromatic nitrogens is 1. The highest BCUT2D eigenvalue weighted by atomic mass is 32.1. The Morgan fingerprint density at radius 1 is 1.25 bits per heavy atom. The standard InChI is InChI=1S/C18H14N4OS/c1-11-3-2-4-14(9-11)21-18-22-17(20)16(24-18)15(23)13-7-5-12(10-19)6-8-13/h2-9H,20H2,1H3,(H,21,22). The highest BCUT2D eigenvalue weighted by molar-refractivity contribution is 7.18. The summed E-state index contributed by atoms with van der Waals surface area (Å²) in [6, 6.07) is 16.3. The minimum atomic E-state index is -0.202.